The molecule has 0 saturated heterocycles. The number of anilines is 1. The minimum atomic E-state index is -1.38. The Labute approximate surface area is 214 Å². The van der Waals surface area contributed by atoms with Crippen molar-refractivity contribution in [1.29, 1.82) is 0 Å². The summed E-state index contributed by atoms with van der Waals surface area (Å²) in [5, 5.41) is 15.1. The van der Waals surface area contributed by atoms with Crippen molar-refractivity contribution in [3.05, 3.63) is 81.5 Å². The fourth-order valence-electron chi connectivity index (χ4n) is 3.35. The molecule has 0 aliphatic carbocycles. The molecule has 0 spiro atoms. The molecular weight excluding hydrogens is 484 g/mol. The Hall–Kier alpha value is -3.31. The number of amides is 2. The number of hydrogen-bond donors (Lipinski definition) is 2. The maximum absolute atomic E-state index is 13.5. The number of nitrogens with zero attached hydrogens (tertiary/aromatic N) is 1. The Bertz CT molecular complexity index is 1210. The molecule has 0 aliphatic rings. The zero-order valence-corrected chi connectivity index (χ0v) is 21.3. The van der Waals surface area contributed by atoms with Crippen molar-refractivity contribution in [3.8, 4) is 17.6 Å². The summed E-state index contributed by atoms with van der Waals surface area (Å²) in [5.74, 6) is 4.46. The van der Waals surface area contributed by atoms with Gasteiger partial charge < -0.3 is 15.2 Å². The highest BCUT2D eigenvalue weighted by Crippen LogP contribution is 2.35. The second kappa shape index (κ2) is 11.9. The van der Waals surface area contributed by atoms with Gasteiger partial charge in [0.1, 0.15) is 11.4 Å². The van der Waals surface area contributed by atoms with Crippen LogP contribution in [0.15, 0.2) is 66.0 Å². The van der Waals surface area contributed by atoms with Crippen molar-refractivity contribution in [2.24, 2.45) is 0 Å². The number of carbonyl (C=O) groups excluding carboxylic acids is 2. The molecule has 2 amide bonds. The van der Waals surface area contributed by atoms with Gasteiger partial charge >= 0.3 is 5.91 Å². The zero-order valence-electron chi connectivity index (χ0n) is 19.7. The standard InChI is InChI=1S/C27H27ClN2O4S/c1-27(2,33)15-13-24(31)30(20-11-12-22(34-3)21(28)18-20)25(23-10-7-17-35-23)26(32)29-16-14-19-8-5-4-6-9-19/h4-12,17-18,25,33H,14,16H2,1-3H3,(H,29,32). The number of ether oxygens (including phenoxy) is 1. The Balaban J connectivity index is 1.98. The largest absolute Gasteiger partial charge is 0.495 e. The number of carbonyl (C=O) groups is 2. The number of thiophene rings is 1. The van der Waals surface area contributed by atoms with Crippen LogP contribution in [0.5, 0.6) is 5.75 Å². The van der Waals surface area contributed by atoms with Crippen molar-refractivity contribution < 1.29 is 19.4 Å². The summed E-state index contributed by atoms with van der Waals surface area (Å²) in [6.07, 6.45) is 0.643. The number of halogens is 1. The fourth-order valence-corrected chi connectivity index (χ4v) is 4.41. The Morgan fingerprint density at radius 2 is 1.91 bits per heavy atom. The zero-order chi connectivity index (χ0) is 25.4. The average molecular weight is 511 g/mol. The summed E-state index contributed by atoms with van der Waals surface area (Å²) in [6, 6.07) is 17.3. The van der Waals surface area contributed by atoms with Crippen LogP contribution < -0.4 is 15.0 Å². The highest BCUT2D eigenvalue weighted by Gasteiger charge is 2.33. The molecule has 182 valence electrons. The van der Waals surface area contributed by atoms with E-state index >= 15 is 0 Å². The van der Waals surface area contributed by atoms with Gasteiger partial charge in [0, 0.05) is 17.1 Å². The smallest absolute Gasteiger partial charge is 0.304 e. The van der Waals surface area contributed by atoms with Crippen LogP contribution in [0, 0.1) is 11.8 Å². The van der Waals surface area contributed by atoms with Crippen molar-refractivity contribution in [2.75, 3.05) is 18.6 Å². The first-order valence-corrected chi connectivity index (χ1v) is 12.2. The van der Waals surface area contributed by atoms with Gasteiger partial charge in [0.2, 0.25) is 5.91 Å². The first-order valence-electron chi connectivity index (χ1n) is 11.0. The Kier molecular flexibility index (Phi) is 8.94. The molecule has 35 heavy (non-hydrogen) atoms. The molecule has 8 heteroatoms. The lowest BCUT2D eigenvalue weighted by atomic mass is 10.1. The summed E-state index contributed by atoms with van der Waals surface area (Å²) in [7, 11) is 1.49. The van der Waals surface area contributed by atoms with Crippen LogP contribution in [0.4, 0.5) is 5.69 Å². The van der Waals surface area contributed by atoms with Crippen LogP contribution in [0.3, 0.4) is 0 Å². The normalized spacial score (nSPS) is 11.7. The molecule has 0 saturated carbocycles. The van der Waals surface area contributed by atoms with Gasteiger partial charge in [-0.25, -0.2) is 0 Å². The Morgan fingerprint density at radius 1 is 1.17 bits per heavy atom. The molecule has 1 aromatic heterocycles. The lowest BCUT2D eigenvalue weighted by Gasteiger charge is -2.29. The lowest BCUT2D eigenvalue weighted by molar-refractivity contribution is -0.125. The third kappa shape index (κ3) is 7.33. The summed E-state index contributed by atoms with van der Waals surface area (Å²) in [6.45, 7) is 3.36. The highest BCUT2D eigenvalue weighted by molar-refractivity contribution is 7.10. The topological polar surface area (TPSA) is 78.9 Å². The number of nitrogens with one attached hydrogen (secondary N) is 1. The summed E-state index contributed by atoms with van der Waals surface area (Å²) < 4.78 is 5.23. The van der Waals surface area contributed by atoms with Crippen LogP contribution in [-0.2, 0) is 16.0 Å². The molecule has 6 nitrogen and oxygen atoms in total. The molecule has 3 aromatic rings. The predicted octanol–water partition coefficient (Wildman–Crippen LogP) is 4.62. The average Bonchev–Trinajstić information content (AvgIpc) is 3.35. The van der Waals surface area contributed by atoms with Gasteiger partial charge in [-0.15, -0.1) is 11.3 Å². The van der Waals surface area contributed by atoms with E-state index in [2.05, 4.69) is 17.2 Å². The Morgan fingerprint density at radius 3 is 2.51 bits per heavy atom. The second-order valence-electron chi connectivity index (χ2n) is 8.25. The molecule has 3 rings (SSSR count). The summed E-state index contributed by atoms with van der Waals surface area (Å²) in [4.78, 5) is 28.8. The molecule has 0 bridgehead atoms. The first-order chi connectivity index (χ1) is 16.7. The van der Waals surface area contributed by atoms with E-state index in [0.717, 1.165) is 5.56 Å². The van der Waals surface area contributed by atoms with Gasteiger partial charge in [-0.3, -0.25) is 14.5 Å². The van der Waals surface area contributed by atoms with Crippen LogP contribution >= 0.6 is 22.9 Å². The number of rotatable bonds is 8. The molecule has 0 aliphatic heterocycles. The molecule has 0 radical (unpaired) electrons. The van der Waals surface area contributed by atoms with Crippen molar-refractivity contribution >= 4 is 40.4 Å². The minimum absolute atomic E-state index is 0.285. The number of benzene rings is 2. The highest BCUT2D eigenvalue weighted by atomic mass is 35.5. The number of methoxy groups -OCH3 is 1. The van der Waals surface area contributed by atoms with E-state index < -0.39 is 17.6 Å². The van der Waals surface area contributed by atoms with Crippen LogP contribution in [-0.4, -0.2) is 36.2 Å². The molecule has 1 atom stereocenters. The van der Waals surface area contributed by atoms with Gasteiger partial charge in [-0.2, -0.15) is 0 Å². The third-order valence-corrected chi connectivity index (χ3v) is 6.20. The number of aliphatic hydroxyl groups is 1. The van der Waals surface area contributed by atoms with E-state index in [0.29, 0.717) is 29.3 Å². The van der Waals surface area contributed by atoms with Gasteiger partial charge in [0.05, 0.1) is 12.1 Å². The van der Waals surface area contributed by atoms with Gasteiger partial charge in [0.15, 0.2) is 6.04 Å². The minimum Gasteiger partial charge on any atom is -0.495 e. The van der Waals surface area contributed by atoms with Crippen LogP contribution in [0.2, 0.25) is 5.02 Å². The van der Waals surface area contributed by atoms with Crippen molar-refractivity contribution in [1.82, 2.24) is 5.32 Å². The molecular formula is C27H27ClN2O4S. The van der Waals surface area contributed by atoms with Gasteiger partial charge in [0.25, 0.3) is 0 Å². The van der Waals surface area contributed by atoms with E-state index in [9.17, 15) is 14.7 Å². The first kappa shape index (κ1) is 26.3. The van der Waals surface area contributed by atoms with E-state index in [-0.39, 0.29) is 10.9 Å². The maximum atomic E-state index is 13.5. The van der Waals surface area contributed by atoms with E-state index in [1.165, 1.54) is 37.2 Å². The summed E-state index contributed by atoms with van der Waals surface area (Å²) in [5.41, 5.74) is 0.0868. The molecule has 2 N–H and O–H groups in total. The monoisotopic (exact) mass is 510 g/mol. The van der Waals surface area contributed by atoms with Crippen LogP contribution in [0.1, 0.15) is 30.3 Å². The SMILES string of the molecule is COc1ccc(N(C(=O)C#CC(C)(C)O)C(C(=O)NCCc2ccccc2)c2cccs2)cc1Cl. The molecule has 1 heterocycles. The molecule has 1 unspecified atom stereocenters. The third-order valence-electron chi connectivity index (χ3n) is 4.98. The second-order valence-corrected chi connectivity index (χ2v) is 9.63. The van der Waals surface area contributed by atoms with Gasteiger partial charge in [-0.05, 0) is 61.4 Å². The predicted molar refractivity (Wildman–Crippen MR) is 140 cm³/mol. The van der Waals surface area contributed by atoms with E-state index in [1.807, 2.05) is 41.8 Å². The number of hydrogen-bond acceptors (Lipinski definition) is 5. The van der Waals surface area contributed by atoms with Crippen molar-refractivity contribution in [2.45, 2.75) is 31.9 Å². The van der Waals surface area contributed by atoms with Crippen LogP contribution in [0.25, 0.3) is 0 Å². The van der Waals surface area contributed by atoms with E-state index in [4.69, 9.17) is 16.3 Å². The molecule has 0 fully saturated rings. The van der Waals surface area contributed by atoms with Gasteiger partial charge in [-0.1, -0.05) is 53.9 Å². The van der Waals surface area contributed by atoms with Crippen molar-refractivity contribution in [3.63, 3.8) is 0 Å². The molecule has 2 aromatic carbocycles. The fraction of sp³-hybridized carbons (Fsp3) is 0.259. The lowest BCUT2D eigenvalue weighted by Crippen LogP contribution is -2.44. The summed E-state index contributed by atoms with van der Waals surface area (Å²) >= 11 is 7.71. The quantitative estimate of drug-likeness (QED) is 0.433. The maximum Gasteiger partial charge on any atom is 0.304 e. The van der Waals surface area contributed by atoms with E-state index in [1.54, 1.807) is 24.3 Å².